The predicted molar refractivity (Wildman–Crippen MR) is 131 cm³/mol. The Morgan fingerprint density at radius 1 is 1.18 bits per heavy atom. The van der Waals surface area contributed by atoms with Crippen molar-refractivity contribution in [3.8, 4) is 11.5 Å². The van der Waals surface area contributed by atoms with Gasteiger partial charge in [-0.3, -0.25) is 29.4 Å². The number of Topliss-reactive ketones (excluding diaryl/α,β-unsaturated/α-hetero) is 1. The number of rotatable bonds is 10. The van der Waals surface area contributed by atoms with Crippen molar-refractivity contribution in [2.75, 3.05) is 19.8 Å². The lowest BCUT2D eigenvalue weighted by molar-refractivity contribution is -0.384. The van der Waals surface area contributed by atoms with Gasteiger partial charge in [0.15, 0.2) is 17.3 Å². The Morgan fingerprint density at radius 3 is 2.50 bits per heavy atom. The summed E-state index contributed by atoms with van der Waals surface area (Å²) in [6.45, 7) is 4.31. The van der Waals surface area contributed by atoms with Gasteiger partial charge in [0.1, 0.15) is 0 Å². The van der Waals surface area contributed by atoms with E-state index < -0.39 is 28.4 Å². The largest absolute Gasteiger partial charge is 0.490 e. The third-order valence-electron chi connectivity index (χ3n) is 4.66. The van der Waals surface area contributed by atoms with Gasteiger partial charge in [-0.15, -0.1) is 0 Å². The molecule has 0 N–H and O–H groups in total. The van der Waals surface area contributed by atoms with Crippen LogP contribution in [0, 0.1) is 10.1 Å². The molecule has 1 aliphatic heterocycles. The third kappa shape index (κ3) is 5.84. The van der Waals surface area contributed by atoms with Gasteiger partial charge in [-0.05, 0) is 76.9 Å². The van der Waals surface area contributed by atoms with E-state index in [-0.39, 0.29) is 16.2 Å². The molecule has 0 aromatic heterocycles. The molecule has 3 rings (SSSR count). The molecule has 2 amide bonds. The number of nitro groups is 1. The van der Waals surface area contributed by atoms with Crippen molar-refractivity contribution < 1.29 is 28.8 Å². The van der Waals surface area contributed by atoms with Gasteiger partial charge >= 0.3 is 0 Å². The number of non-ortho nitro benzene ring substituents is 1. The van der Waals surface area contributed by atoms with Gasteiger partial charge in [0, 0.05) is 17.7 Å². The quantitative estimate of drug-likeness (QED) is 0.166. The number of carbonyl (C=O) groups is 3. The highest BCUT2D eigenvalue weighted by Gasteiger charge is 2.36. The van der Waals surface area contributed by atoms with Crippen LogP contribution in [-0.2, 0) is 4.79 Å². The Balaban J connectivity index is 1.80. The van der Waals surface area contributed by atoms with Crippen LogP contribution < -0.4 is 9.47 Å². The monoisotopic (exact) mass is 548 g/mol. The van der Waals surface area contributed by atoms with Crippen molar-refractivity contribution >= 4 is 56.4 Å². The minimum atomic E-state index is -0.592. The van der Waals surface area contributed by atoms with E-state index in [1.165, 1.54) is 24.3 Å². The lowest BCUT2D eigenvalue weighted by Crippen LogP contribution is -2.33. The van der Waals surface area contributed by atoms with Crippen LogP contribution in [0.4, 0.5) is 10.5 Å². The number of benzene rings is 2. The van der Waals surface area contributed by atoms with E-state index in [0.717, 1.165) is 23.1 Å². The fraction of sp³-hybridized carbons (Fsp3) is 0.261. The summed E-state index contributed by atoms with van der Waals surface area (Å²) < 4.78 is 12.1. The van der Waals surface area contributed by atoms with Gasteiger partial charge in [-0.25, -0.2) is 0 Å². The maximum Gasteiger partial charge on any atom is 0.293 e. The Morgan fingerprint density at radius 2 is 1.88 bits per heavy atom. The summed E-state index contributed by atoms with van der Waals surface area (Å²) >= 11 is 4.20. The Hall–Kier alpha value is -3.18. The maximum absolute atomic E-state index is 12.8. The molecule has 9 nitrogen and oxygen atoms in total. The summed E-state index contributed by atoms with van der Waals surface area (Å²) in [6.07, 6.45) is 2.38. The van der Waals surface area contributed by atoms with Crippen LogP contribution in [0.1, 0.15) is 36.2 Å². The average molecular weight is 549 g/mol. The van der Waals surface area contributed by atoms with E-state index in [0.29, 0.717) is 34.7 Å². The van der Waals surface area contributed by atoms with Crippen molar-refractivity contribution in [1.29, 1.82) is 0 Å². The smallest absolute Gasteiger partial charge is 0.293 e. The summed E-state index contributed by atoms with van der Waals surface area (Å²) in [5.74, 6) is -0.0327. The lowest BCUT2D eigenvalue weighted by Gasteiger charge is -2.14. The van der Waals surface area contributed by atoms with E-state index in [1.807, 2.05) is 13.8 Å². The van der Waals surface area contributed by atoms with Gasteiger partial charge < -0.3 is 9.47 Å². The van der Waals surface area contributed by atoms with Crippen LogP contribution in [-0.4, -0.2) is 46.5 Å². The van der Waals surface area contributed by atoms with Crippen molar-refractivity contribution in [2.45, 2.75) is 20.3 Å². The molecule has 2 aromatic rings. The second-order valence-electron chi connectivity index (χ2n) is 7.11. The molecule has 178 valence electrons. The van der Waals surface area contributed by atoms with Gasteiger partial charge in [0.05, 0.1) is 34.1 Å². The highest BCUT2D eigenvalue weighted by molar-refractivity contribution is 9.10. The fourth-order valence-corrected chi connectivity index (χ4v) is 4.48. The van der Waals surface area contributed by atoms with E-state index in [9.17, 15) is 24.5 Å². The number of amides is 2. The topological polar surface area (TPSA) is 116 Å². The van der Waals surface area contributed by atoms with E-state index >= 15 is 0 Å². The molecule has 0 atom stereocenters. The maximum atomic E-state index is 12.8. The number of nitro benzene ring substituents is 1. The number of ether oxygens (including phenoxy) is 2. The predicted octanol–water partition coefficient (Wildman–Crippen LogP) is 5.46. The zero-order chi connectivity index (χ0) is 24.8. The molecule has 2 aromatic carbocycles. The molecule has 0 bridgehead atoms. The number of imide groups is 1. The number of hydrogen-bond donors (Lipinski definition) is 0. The molecule has 1 saturated heterocycles. The summed E-state index contributed by atoms with van der Waals surface area (Å²) in [6, 6.07) is 8.46. The first kappa shape index (κ1) is 25.4. The third-order valence-corrected chi connectivity index (χ3v) is 6.15. The van der Waals surface area contributed by atoms with Crippen LogP contribution in [0.5, 0.6) is 11.5 Å². The summed E-state index contributed by atoms with van der Waals surface area (Å²) in [5, 5.41) is 10.2. The number of halogens is 1. The zero-order valence-electron chi connectivity index (χ0n) is 18.4. The van der Waals surface area contributed by atoms with Gasteiger partial charge in [0.2, 0.25) is 0 Å². The van der Waals surface area contributed by atoms with E-state index in [1.54, 1.807) is 18.2 Å². The van der Waals surface area contributed by atoms with Gasteiger partial charge in [-0.2, -0.15) is 0 Å². The second kappa shape index (κ2) is 11.3. The summed E-state index contributed by atoms with van der Waals surface area (Å²) in [7, 11) is 0. The SMILES string of the molecule is CCCOc1c(Br)cc(/C=C2\SC(=O)N(CC(=O)c3ccc([N+](=O)[O-])cc3)C2=O)cc1OCC. The first-order valence-electron chi connectivity index (χ1n) is 10.4. The van der Waals surface area contributed by atoms with Gasteiger partial charge in [0.25, 0.3) is 16.8 Å². The normalized spacial score (nSPS) is 14.6. The summed E-state index contributed by atoms with van der Waals surface area (Å²) in [5.41, 5.74) is 0.627. The number of ketones is 1. The molecule has 0 spiro atoms. The van der Waals surface area contributed by atoms with Crippen molar-refractivity contribution in [3.63, 3.8) is 0 Å². The fourth-order valence-electron chi connectivity index (χ4n) is 3.07. The first-order chi connectivity index (χ1) is 16.2. The Bertz CT molecular complexity index is 1160. The van der Waals surface area contributed by atoms with Crippen molar-refractivity contribution in [1.82, 2.24) is 4.90 Å². The molecular formula is C23H21BrN2O7S. The number of hydrogen-bond acceptors (Lipinski definition) is 8. The molecule has 0 unspecified atom stereocenters. The molecule has 0 saturated carbocycles. The molecule has 1 fully saturated rings. The van der Waals surface area contributed by atoms with E-state index in [2.05, 4.69) is 15.9 Å². The zero-order valence-corrected chi connectivity index (χ0v) is 20.8. The second-order valence-corrected chi connectivity index (χ2v) is 8.95. The standard InChI is InChI=1S/C23H21BrN2O7S/c1-3-9-33-21-17(24)10-14(11-19(21)32-4-2)12-20-22(28)25(23(29)34-20)13-18(27)15-5-7-16(8-6-15)26(30)31/h5-8,10-12H,3-4,9,13H2,1-2H3/b20-12-. The molecule has 11 heteroatoms. The highest BCUT2D eigenvalue weighted by Crippen LogP contribution is 2.39. The number of carbonyl (C=O) groups excluding carboxylic acids is 3. The first-order valence-corrected chi connectivity index (χ1v) is 12.0. The van der Waals surface area contributed by atoms with Crippen LogP contribution in [0.3, 0.4) is 0 Å². The minimum Gasteiger partial charge on any atom is -0.490 e. The van der Waals surface area contributed by atoms with E-state index in [4.69, 9.17) is 9.47 Å². The molecule has 0 aliphatic carbocycles. The minimum absolute atomic E-state index is 0.158. The highest BCUT2D eigenvalue weighted by atomic mass is 79.9. The van der Waals surface area contributed by atoms with Crippen molar-refractivity contribution in [2.24, 2.45) is 0 Å². The van der Waals surface area contributed by atoms with Crippen LogP contribution in [0.25, 0.3) is 6.08 Å². The number of thioether (sulfide) groups is 1. The lowest BCUT2D eigenvalue weighted by atomic mass is 10.1. The summed E-state index contributed by atoms with van der Waals surface area (Å²) in [4.78, 5) is 49.0. The average Bonchev–Trinajstić information content (AvgIpc) is 3.06. The Kier molecular flexibility index (Phi) is 8.46. The molecular weight excluding hydrogens is 528 g/mol. The number of nitrogens with zero attached hydrogens (tertiary/aromatic N) is 2. The molecule has 1 aliphatic rings. The van der Waals surface area contributed by atoms with Crippen LogP contribution >= 0.6 is 27.7 Å². The van der Waals surface area contributed by atoms with Crippen molar-refractivity contribution in [3.05, 3.63) is 67.0 Å². The molecule has 1 heterocycles. The molecule has 34 heavy (non-hydrogen) atoms. The molecule has 0 radical (unpaired) electrons. The Labute approximate surface area is 208 Å². The van der Waals surface area contributed by atoms with Crippen LogP contribution in [0.15, 0.2) is 45.8 Å². The van der Waals surface area contributed by atoms with Crippen LogP contribution in [0.2, 0.25) is 0 Å². The van der Waals surface area contributed by atoms with Gasteiger partial charge in [-0.1, -0.05) is 6.92 Å².